The first-order chi connectivity index (χ1) is 39.7. The number of fused-ring (bicyclic) bond motifs is 6. The predicted molar refractivity (Wildman–Crippen MR) is 303 cm³/mol. The van der Waals surface area contributed by atoms with Gasteiger partial charge in [0, 0.05) is 90.3 Å². The molecule has 3 atom stereocenters. The number of nitrogens with one attached hydrogen (secondary N) is 2. The van der Waals surface area contributed by atoms with Gasteiger partial charge < -0.3 is 54.9 Å². The maximum Gasteiger partial charge on any atom is 0.411 e. The minimum absolute atomic E-state index is 0.410. The molecule has 9 heterocycles. The number of carbonyl (C=O) groups is 3. The fourth-order valence-corrected chi connectivity index (χ4v) is 9.33. The van der Waals surface area contributed by atoms with Crippen LogP contribution < -0.4 is 41.7 Å². The number of rotatable bonds is 9. The van der Waals surface area contributed by atoms with Gasteiger partial charge in [-0.05, 0) is 149 Å². The molecule has 426 valence electrons. The minimum Gasteiger partial charge on any atom is -0.484 e. The van der Waals surface area contributed by atoms with Crippen molar-refractivity contribution < 1.29 is 69.3 Å². The van der Waals surface area contributed by atoms with Crippen LogP contribution in [0, 0.1) is 0 Å². The van der Waals surface area contributed by atoms with E-state index in [0.29, 0.717) is 70.5 Å². The van der Waals surface area contributed by atoms with Crippen molar-refractivity contribution in [1.82, 2.24) is 10.6 Å². The van der Waals surface area contributed by atoms with Crippen molar-refractivity contribution in [3.63, 3.8) is 0 Å². The molecule has 2 amide bonds. The third kappa shape index (κ3) is 13.7. The number of hydrogen-bond donors (Lipinski definition) is 2. The summed E-state index contributed by atoms with van der Waals surface area (Å²) >= 11 is 0. The molecule has 0 fully saturated rings. The molecule has 0 saturated carbocycles. The summed E-state index contributed by atoms with van der Waals surface area (Å²) in [5.74, 6) is 3.20. The Morgan fingerprint density at radius 2 is 0.795 bits per heavy atom. The lowest BCUT2D eigenvalue weighted by molar-refractivity contribution is -0.155. The fourth-order valence-electron chi connectivity index (χ4n) is 9.33. The van der Waals surface area contributed by atoms with Gasteiger partial charge in [0.2, 0.25) is 0 Å². The summed E-state index contributed by atoms with van der Waals surface area (Å²) in [5.41, 5.74) is 0.564. The molecule has 3 aliphatic rings. The molecular weight excluding hydrogens is 1070 g/mol. The van der Waals surface area contributed by atoms with E-state index in [4.69, 9.17) is 54.9 Å². The van der Waals surface area contributed by atoms with Crippen LogP contribution in [0.3, 0.4) is 0 Å². The van der Waals surface area contributed by atoms with Gasteiger partial charge in [0.1, 0.15) is 86.4 Å². The van der Waals surface area contributed by atoms with Gasteiger partial charge in [0.25, 0.3) is 0 Å². The number of benzene rings is 3. The molecule has 6 aromatic heterocycles. The van der Waals surface area contributed by atoms with Crippen molar-refractivity contribution in [1.29, 1.82) is 0 Å². The second kappa shape index (κ2) is 23.5. The molecule has 20 heteroatoms. The van der Waals surface area contributed by atoms with Crippen molar-refractivity contribution >= 4 is 69.3 Å². The average Bonchev–Trinajstić information content (AvgIpc) is 4.21. The summed E-state index contributed by atoms with van der Waals surface area (Å²) in [6.45, 7) is 11.1. The van der Waals surface area contributed by atoms with E-state index < -0.39 is 70.1 Å². The molecule has 0 bridgehead atoms. The number of alkyl carbamates (subject to hydrolysis) is 2. The maximum absolute atomic E-state index is 12.2. The van der Waals surface area contributed by atoms with E-state index >= 15 is 0 Å². The third-order valence-corrected chi connectivity index (χ3v) is 13.7. The standard InChI is InChI=1S/2C21H19NO6.C21H18O6/c2*1-21(2)18(27-20(24)22-8-7-15-4-3-9-25-15)11-14-10-13-5-6-19(23)26-16(13)12-17(14)28-21;1-21(2)18(26-20(23)8-6-15-4-3-9-24-15)11-14-10-13-5-7-19(22)25-16(13)12-17(14)27-21/h2*3-10,12,18H,11H2,1-2H3,(H,22,24);3-10,12,18H,11H2,1-2H3/b2*8-7+;8-6+/t3*18-/m100/s1. The number of ether oxygens (including phenoxy) is 6. The van der Waals surface area contributed by atoms with Gasteiger partial charge in [-0.15, -0.1) is 0 Å². The topological polar surface area (TPSA) is 261 Å². The van der Waals surface area contributed by atoms with Crippen LogP contribution in [0.2, 0.25) is 0 Å². The molecule has 20 nitrogen and oxygen atoms in total. The Morgan fingerprint density at radius 3 is 1.13 bits per heavy atom. The monoisotopic (exact) mass is 1130 g/mol. The summed E-state index contributed by atoms with van der Waals surface area (Å²) in [4.78, 5) is 70.8. The van der Waals surface area contributed by atoms with Crippen LogP contribution in [0.4, 0.5) is 9.59 Å². The van der Waals surface area contributed by atoms with Gasteiger partial charge in [-0.25, -0.2) is 28.8 Å². The Labute approximate surface area is 472 Å². The molecular formula is C63H56N2O18. The Balaban J connectivity index is 0.000000139. The van der Waals surface area contributed by atoms with Crippen molar-refractivity contribution in [3.05, 3.63) is 212 Å². The Bertz CT molecular complexity index is 3920. The van der Waals surface area contributed by atoms with Crippen molar-refractivity contribution in [2.24, 2.45) is 0 Å². The molecule has 0 radical (unpaired) electrons. The highest BCUT2D eigenvalue weighted by Gasteiger charge is 2.42. The highest BCUT2D eigenvalue weighted by Crippen LogP contribution is 2.40. The number of furan rings is 3. The summed E-state index contributed by atoms with van der Waals surface area (Å²) in [6.07, 6.45) is 12.5. The summed E-state index contributed by atoms with van der Waals surface area (Å²) in [5, 5.41) is 7.48. The van der Waals surface area contributed by atoms with Crippen LogP contribution in [0.5, 0.6) is 17.2 Å². The van der Waals surface area contributed by atoms with Crippen molar-refractivity contribution in [3.8, 4) is 17.2 Å². The van der Waals surface area contributed by atoms with Gasteiger partial charge in [-0.1, -0.05) is 0 Å². The van der Waals surface area contributed by atoms with E-state index in [9.17, 15) is 28.8 Å². The maximum atomic E-state index is 12.2. The smallest absolute Gasteiger partial charge is 0.411 e. The molecule has 3 aliphatic heterocycles. The summed E-state index contributed by atoms with van der Waals surface area (Å²) < 4.78 is 66.0. The van der Waals surface area contributed by atoms with E-state index in [0.717, 1.165) is 32.8 Å². The van der Waals surface area contributed by atoms with Crippen LogP contribution >= 0.6 is 0 Å². The zero-order valence-electron chi connectivity index (χ0n) is 45.8. The molecule has 9 aromatic rings. The van der Waals surface area contributed by atoms with Crippen LogP contribution in [-0.4, -0.2) is 53.3 Å². The summed E-state index contributed by atoms with van der Waals surface area (Å²) in [6, 6.07) is 30.5. The highest BCUT2D eigenvalue weighted by molar-refractivity contribution is 5.87. The number of carbonyl (C=O) groups excluding carboxylic acids is 3. The minimum atomic E-state index is -0.752. The molecule has 0 spiro atoms. The molecule has 83 heavy (non-hydrogen) atoms. The lowest BCUT2D eigenvalue weighted by Crippen LogP contribution is -2.49. The fraction of sp³-hybridized carbons (Fsp3) is 0.238. The second-order valence-corrected chi connectivity index (χ2v) is 21.0. The molecule has 0 saturated heterocycles. The van der Waals surface area contributed by atoms with E-state index in [2.05, 4.69) is 10.6 Å². The molecule has 12 rings (SSSR count). The van der Waals surface area contributed by atoms with Crippen LogP contribution in [0.1, 0.15) is 75.5 Å². The number of amides is 2. The third-order valence-electron chi connectivity index (χ3n) is 13.7. The van der Waals surface area contributed by atoms with Gasteiger partial charge in [0.15, 0.2) is 0 Å². The van der Waals surface area contributed by atoms with Crippen LogP contribution in [0.25, 0.3) is 51.1 Å². The lowest BCUT2D eigenvalue weighted by Gasteiger charge is -2.39. The van der Waals surface area contributed by atoms with E-state index in [1.165, 1.54) is 42.9 Å². The molecule has 0 unspecified atom stereocenters. The zero-order chi connectivity index (χ0) is 58.5. The van der Waals surface area contributed by atoms with E-state index in [-0.39, 0.29) is 0 Å². The first-order valence-corrected chi connectivity index (χ1v) is 26.3. The average molecular weight is 1130 g/mol. The Kier molecular flexibility index (Phi) is 15.8. The summed E-state index contributed by atoms with van der Waals surface area (Å²) in [7, 11) is 0. The Hall–Kier alpha value is -10.2. The van der Waals surface area contributed by atoms with Gasteiger partial charge in [0.05, 0.1) is 18.8 Å². The number of hydrogen-bond acceptors (Lipinski definition) is 18. The highest BCUT2D eigenvalue weighted by atomic mass is 16.6. The largest absolute Gasteiger partial charge is 0.484 e. The van der Waals surface area contributed by atoms with Gasteiger partial charge in [-0.2, -0.15) is 0 Å². The van der Waals surface area contributed by atoms with Gasteiger partial charge in [-0.3, -0.25) is 10.6 Å². The van der Waals surface area contributed by atoms with Crippen LogP contribution in [-0.2, 0) is 38.3 Å². The quantitative estimate of drug-likeness (QED) is 0.0589. The molecule has 2 N–H and O–H groups in total. The van der Waals surface area contributed by atoms with E-state index in [1.807, 2.05) is 59.7 Å². The zero-order valence-corrected chi connectivity index (χ0v) is 45.8. The van der Waals surface area contributed by atoms with Crippen molar-refractivity contribution in [2.75, 3.05) is 0 Å². The second-order valence-electron chi connectivity index (χ2n) is 21.0. The normalized spacial score (nSPS) is 18.0. The first-order valence-electron chi connectivity index (χ1n) is 26.3. The van der Waals surface area contributed by atoms with Gasteiger partial charge >= 0.3 is 35.0 Å². The lowest BCUT2D eigenvalue weighted by atomic mass is 9.90. The molecule has 0 aliphatic carbocycles. The van der Waals surface area contributed by atoms with Crippen molar-refractivity contribution in [2.45, 2.75) is 95.9 Å². The molecule has 3 aromatic carbocycles. The Morgan fingerprint density at radius 1 is 0.458 bits per heavy atom. The first kappa shape index (κ1) is 56.1. The SMILES string of the molecule is CC1(C)Oc2cc3oc(=O)ccc3cc2C[C@@H]1OC(=O)/C=C/c1ccco1.CC1(C)Oc2cc3oc(=O)ccc3cc2C[C@@H]1OC(=O)N/C=C/c1ccco1.CC1(C)Oc2cc3oc(=O)ccc3cc2C[C@H]1OC(=O)N/C=C/c1ccco1. The van der Waals surface area contributed by atoms with Crippen LogP contribution in [0.15, 0.2) is 187 Å². The number of esters is 1. The van der Waals surface area contributed by atoms with E-state index in [1.54, 1.807) is 104 Å². The predicted octanol–water partition coefficient (Wildman–Crippen LogP) is 11.5.